The molecule has 3 rings (SSSR count). The van der Waals surface area contributed by atoms with Crippen LogP contribution in [0.2, 0.25) is 0 Å². The van der Waals surface area contributed by atoms with Gasteiger partial charge in [0.1, 0.15) is 11.4 Å². The lowest BCUT2D eigenvalue weighted by molar-refractivity contribution is 0.00515. The van der Waals surface area contributed by atoms with Crippen molar-refractivity contribution in [3.63, 3.8) is 0 Å². The molecular weight excluding hydrogens is 424 g/mol. The summed E-state index contributed by atoms with van der Waals surface area (Å²) < 4.78 is 13.3. The van der Waals surface area contributed by atoms with E-state index >= 15 is 0 Å². The topological polar surface area (TPSA) is 155 Å². The highest BCUT2D eigenvalue weighted by Crippen LogP contribution is 2.14. The number of carbonyl (C=O) groups is 4. The van der Waals surface area contributed by atoms with Crippen molar-refractivity contribution in [1.29, 1.82) is 0 Å². The third kappa shape index (κ3) is 5.25. The monoisotopic (exact) mass is 448 g/mol. The Bertz CT molecular complexity index is 929. The van der Waals surface area contributed by atoms with Gasteiger partial charge in [0.25, 0.3) is 0 Å². The predicted molar refractivity (Wildman–Crippen MR) is 106 cm³/mol. The van der Waals surface area contributed by atoms with Crippen molar-refractivity contribution >= 4 is 23.8 Å². The van der Waals surface area contributed by atoms with Crippen LogP contribution in [-0.2, 0) is 9.47 Å². The molecule has 2 aromatic rings. The highest BCUT2D eigenvalue weighted by atomic mass is 16.6. The Balaban J connectivity index is 1.47. The lowest BCUT2D eigenvalue weighted by Crippen LogP contribution is -2.51. The molecule has 0 spiro atoms. The zero-order valence-corrected chi connectivity index (χ0v) is 18.2. The van der Waals surface area contributed by atoms with E-state index in [1.165, 1.54) is 45.4 Å². The number of aromatic nitrogens is 6. The zero-order valence-electron chi connectivity index (χ0n) is 18.2. The fraction of sp³-hybridized carbons (Fsp3) is 0.556. The lowest BCUT2D eigenvalue weighted by Gasteiger charge is -2.34. The van der Waals surface area contributed by atoms with E-state index in [1.807, 2.05) is 0 Å². The first kappa shape index (κ1) is 22.8. The van der Waals surface area contributed by atoms with Crippen LogP contribution in [0.4, 0.5) is 9.59 Å². The second-order valence-electron chi connectivity index (χ2n) is 7.22. The van der Waals surface area contributed by atoms with Gasteiger partial charge in [0, 0.05) is 40.0 Å². The first-order valence-electron chi connectivity index (χ1n) is 9.92. The van der Waals surface area contributed by atoms with Gasteiger partial charge in [-0.15, -0.1) is 10.2 Å². The third-order valence-corrected chi connectivity index (χ3v) is 4.83. The number of amides is 2. The van der Waals surface area contributed by atoms with E-state index < -0.39 is 24.6 Å². The molecule has 0 unspecified atom stereocenters. The molecule has 1 fully saturated rings. The van der Waals surface area contributed by atoms with E-state index in [-0.39, 0.29) is 49.1 Å². The summed E-state index contributed by atoms with van der Waals surface area (Å²) in [5, 5.41) is 15.0. The summed E-state index contributed by atoms with van der Waals surface area (Å²) in [4.78, 5) is 50.4. The third-order valence-electron chi connectivity index (χ3n) is 4.83. The van der Waals surface area contributed by atoms with Gasteiger partial charge >= 0.3 is 12.2 Å². The van der Waals surface area contributed by atoms with E-state index in [0.29, 0.717) is 0 Å². The maximum Gasteiger partial charge on any atom is 0.411 e. The van der Waals surface area contributed by atoms with Gasteiger partial charge < -0.3 is 19.3 Å². The average molecular weight is 448 g/mol. The minimum Gasteiger partial charge on any atom is -0.424 e. The molecule has 0 N–H and O–H groups in total. The quantitative estimate of drug-likeness (QED) is 0.582. The van der Waals surface area contributed by atoms with E-state index in [9.17, 15) is 19.2 Å². The lowest BCUT2D eigenvalue weighted by atomic mass is 10.3. The maximum absolute atomic E-state index is 12.4. The van der Waals surface area contributed by atoms with Crippen LogP contribution >= 0.6 is 0 Å². The van der Waals surface area contributed by atoms with E-state index in [4.69, 9.17) is 9.47 Å². The number of hydrogen-bond acceptors (Lipinski definition) is 10. The summed E-state index contributed by atoms with van der Waals surface area (Å²) >= 11 is 0. The molecular formula is C18H24N8O6. The van der Waals surface area contributed by atoms with Gasteiger partial charge in [0.15, 0.2) is 24.0 Å². The molecule has 0 bridgehead atoms. The van der Waals surface area contributed by atoms with Crippen LogP contribution in [-0.4, -0.2) is 89.7 Å². The standard InChI is InChI=1S/C18H24N8O6/c1-11(27)15-9-25(21-19-15)13(3)31-17(29)23-5-7-24(8-6-23)18(30)32-14(4)26-10-16(12(2)28)20-22-26/h9-10,13-14H,5-8H2,1-4H3/t13-,14-/m1/s1. The van der Waals surface area contributed by atoms with E-state index in [1.54, 1.807) is 13.8 Å². The van der Waals surface area contributed by atoms with Gasteiger partial charge in [-0.3, -0.25) is 9.59 Å². The average Bonchev–Trinajstić information content (AvgIpc) is 3.44. The highest BCUT2D eigenvalue weighted by molar-refractivity contribution is 5.92. The van der Waals surface area contributed by atoms with Crippen LogP contribution in [0.1, 0.15) is 61.1 Å². The van der Waals surface area contributed by atoms with E-state index in [2.05, 4.69) is 20.6 Å². The number of Topliss-reactive ketones (excluding diaryl/α,β-unsaturated/α-hetero) is 2. The van der Waals surface area contributed by atoms with Crippen molar-refractivity contribution in [2.75, 3.05) is 26.2 Å². The molecule has 2 aromatic heterocycles. The molecule has 0 radical (unpaired) electrons. The molecule has 14 nitrogen and oxygen atoms in total. The Labute approximate surface area is 183 Å². The largest absolute Gasteiger partial charge is 0.424 e. The molecule has 0 saturated carbocycles. The molecule has 2 amide bonds. The molecule has 2 atom stereocenters. The number of hydrogen-bond donors (Lipinski definition) is 0. The fourth-order valence-electron chi connectivity index (χ4n) is 2.85. The summed E-state index contributed by atoms with van der Waals surface area (Å²) in [6.07, 6.45) is 0.161. The minimum absolute atomic E-state index is 0.178. The molecule has 1 saturated heterocycles. The van der Waals surface area contributed by atoms with Gasteiger partial charge in [-0.05, 0) is 13.8 Å². The minimum atomic E-state index is -0.755. The summed E-state index contributed by atoms with van der Waals surface area (Å²) in [7, 11) is 0. The summed E-state index contributed by atoms with van der Waals surface area (Å²) in [5.74, 6) is -0.481. The predicted octanol–water partition coefficient (Wildman–Crippen LogP) is 0.903. The summed E-state index contributed by atoms with van der Waals surface area (Å²) in [6.45, 7) is 6.95. The number of nitrogens with zero attached hydrogens (tertiary/aromatic N) is 8. The van der Waals surface area contributed by atoms with Gasteiger partial charge in [-0.25, -0.2) is 19.0 Å². The van der Waals surface area contributed by atoms with Crippen molar-refractivity contribution < 1.29 is 28.7 Å². The van der Waals surface area contributed by atoms with Gasteiger partial charge in [0.05, 0.1) is 12.4 Å². The van der Waals surface area contributed by atoms with Gasteiger partial charge in [-0.2, -0.15) is 0 Å². The number of piperazine rings is 1. The second-order valence-corrected chi connectivity index (χ2v) is 7.22. The van der Waals surface area contributed by atoms with Gasteiger partial charge in [-0.1, -0.05) is 10.4 Å². The molecule has 32 heavy (non-hydrogen) atoms. The molecule has 1 aliphatic heterocycles. The van der Waals surface area contributed by atoms with Crippen LogP contribution in [0.25, 0.3) is 0 Å². The zero-order chi connectivity index (χ0) is 23.4. The number of ketones is 2. The maximum atomic E-state index is 12.4. The van der Waals surface area contributed by atoms with Crippen LogP contribution in [0.15, 0.2) is 12.4 Å². The highest BCUT2D eigenvalue weighted by Gasteiger charge is 2.28. The first-order valence-corrected chi connectivity index (χ1v) is 9.92. The molecule has 3 heterocycles. The smallest absolute Gasteiger partial charge is 0.411 e. The van der Waals surface area contributed by atoms with Crippen LogP contribution in [0.3, 0.4) is 0 Å². The van der Waals surface area contributed by atoms with Crippen molar-refractivity contribution in [3.8, 4) is 0 Å². The normalized spacial score (nSPS) is 15.8. The molecule has 14 heteroatoms. The Morgan fingerprint density at radius 2 is 1.09 bits per heavy atom. The Morgan fingerprint density at radius 1 is 0.750 bits per heavy atom. The Hall–Kier alpha value is -3.84. The first-order chi connectivity index (χ1) is 15.2. The Morgan fingerprint density at radius 3 is 1.38 bits per heavy atom. The van der Waals surface area contributed by atoms with Crippen molar-refractivity contribution in [1.82, 2.24) is 39.8 Å². The number of rotatable bonds is 6. The van der Waals surface area contributed by atoms with Crippen LogP contribution in [0, 0.1) is 0 Å². The van der Waals surface area contributed by atoms with Crippen LogP contribution < -0.4 is 0 Å². The van der Waals surface area contributed by atoms with Gasteiger partial charge in [0.2, 0.25) is 0 Å². The molecule has 1 aliphatic rings. The molecule has 172 valence electrons. The number of ether oxygens (including phenoxy) is 2. The van der Waals surface area contributed by atoms with Crippen LogP contribution in [0.5, 0.6) is 0 Å². The molecule has 0 aliphatic carbocycles. The summed E-state index contributed by atoms with van der Waals surface area (Å²) in [5.41, 5.74) is 0.357. The van der Waals surface area contributed by atoms with Crippen molar-refractivity contribution in [2.45, 2.75) is 40.2 Å². The SMILES string of the molecule is CC(=O)c1cn([C@@H](C)OC(=O)N2CCN(C(=O)O[C@H](C)n3cc(C(C)=O)nn3)CC2)nn1. The number of carbonyl (C=O) groups excluding carboxylic acids is 4. The van der Waals surface area contributed by atoms with Crippen molar-refractivity contribution in [2.24, 2.45) is 0 Å². The Kier molecular flexibility index (Phi) is 6.80. The molecule has 0 aromatic carbocycles. The second kappa shape index (κ2) is 9.53. The summed E-state index contributed by atoms with van der Waals surface area (Å²) in [6, 6.07) is 0. The fourth-order valence-corrected chi connectivity index (χ4v) is 2.85. The van der Waals surface area contributed by atoms with Crippen molar-refractivity contribution in [3.05, 3.63) is 23.8 Å². The van der Waals surface area contributed by atoms with E-state index in [0.717, 1.165) is 0 Å².